The second-order valence-corrected chi connectivity index (χ2v) is 5.99. The predicted octanol–water partition coefficient (Wildman–Crippen LogP) is 2.84. The Hall–Kier alpha value is -2.51. The highest BCUT2D eigenvalue weighted by Gasteiger charge is 2.28. The van der Waals surface area contributed by atoms with E-state index in [0.29, 0.717) is 5.56 Å². The Balaban J connectivity index is 2.06. The maximum absolute atomic E-state index is 13.7. The van der Waals surface area contributed by atoms with Gasteiger partial charge in [0, 0.05) is 5.02 Å². The molecule has 138 valence electrons. The molecule has 0 saturated carbocycles. The van der Waals surface area contributed by atoms with Crippen LogP contribution >= 0.6 is 11.6 Å². The van der Waals surface area contributed by atoms with Crippen molar-refractivity contribution in [1.29, 1.82) is 0 Å². The van der Waals surface area contributed by atoms with E-state index in [4.69, 9.17) is 16.3 Å². The van der Waals surface area contributed by atoms with Gasteiger partial charge in [0.1, 0.15) is 18.2 Å². The van der Waals surface area contributed by atoms with Crippen molar-refractivity contribution in [1.82, 2.24) is 5.32 Å². The van der Waals surface area contributed by atoms with Gasteiger partial charge in [-0.25, -0.2) is 13.6 Å². The minimum Gasteiger partial charge on any atom is -0.459 e. The van der Waals surface area contributed by atoms with E-state index in [9.17, 15) is 23.5 Å². The highest BCUT2D eigenvalue weighted by atomic mass is 35.5. The van der Waals surface area contributed by atoms with Crippen molar-refractivity contribution in [3.05, 3.63) is 70.2 Å². The maximum atomic E-state index is 13.7. The summed E-state index contributed by atoms with van der Waals surface area (Å²) in [5.74, 6) is -3.20. The van der Waals surface area contributed by atoms with E-state index >= 15 is 0 Å². The van der Waals surface area contributed by atoms with E-state index in [0.717, 1.165) is 12.1 Å². The summed E-state index contributed by atoms with van der Waals surface area (Å²) in [6.45, 7) is 1.02. The van der Waals surface area contributed by atoms with Gasteiger partial charge < -0.3 is 15.2 Å². The van der Waals surface area contributed by atoms with E-state index in [1.54, 1.807) is 6.07 Å². The summed E-state index contributed by atoms with van der Waals surface area (Å²) in [6.07, 6.45) is -1.30. The Morgan fingerprint density at radius 1 is 1.23 bits per heavy atom. The van der Waals surface area contributed by atoms with Crippen molar-refractivity contribution in [2.75, 3.05) is 0 Å². The van der Waals surface area contributed by atoms with Crippen LogP contribution in [0, 0.1) is 11.6 Å². The zero-order chi connectivity index (χ0) is 19.3. The van der Waals surface area contributed by atoms with Gasteiger partial charge in [-0.05, 0) is 42.8 Å². The monoisotopic (exact) mass is 383 g/mol. The third-order valence-corrected chi connectivity index (χ3v) is 3.70. The van der Waals surface area contributed by atoms with Gasteiger partial charge in [0.15, 0.2) is 6.04 Å². The number of halogens is 3. The van der Waals surface area contributed by atoms with Crippen LogP contribution in [0.25, 0.3) is 0 Å². The number of nitrogens with one attached hydrogen (secondary N) is 1. The van der Waals surface area contributed by atoms with Crippen LogP contribution in [0.3, 0.4) is 0 Å². The quantitative estimate of drug-likeness (QED) is 0.752. The fourth-order valence-electron chi connectivity index (χ4n) is 2.14. The van der Waals surface area contributed by atoms with Crippen molar-refractivity contribution in [2.45, 2.75) is 25.7 Å². The minimum atomic E-state index is -1.44. The second-order valence-electron chi connectivity index (χ2n) is 5.55. The molecule has 0 fully saturated rings. The highest BCUT2D eigenvalue weighted by Crippen LogP contribution is 2.15. The molecule has 0 heterocycles. The molecule has 2 aromatic rings. The lowest BCUT2D eigenvalue weighted by molar-refractivity contribution is -0.150. The van der Waals surface area contributed by atoms with Crippen LogP contribution in [-0.4, -0.2) is 29.1 Å². The molecule has 0 aliphatic heterocycles. The average Bonchev–Trinajstić information content (AvgIpc) is 2.59. The molecule has 0 aromatic heterocycles. The van der Waals surface area contributed by atoms with Crippen LogP contribution in [0.1, 0.15) is 22.8 Å². The first kappa shape index (κ1) is 19.8. The van der Waals surface area contributed by atoms with Gasteiger partial charge in [-0.2, -0.15) is 0 Å². The van der Waals surface area contributed by atoms with Crippen LogP contribution in [0.5, 0.6) is 0 Å². The molecule has 0 aliphatic carbocycles. The Morgan fingerprint density at radius 3 is 2.62 bits per heavy atom. The van der Waals surface area contributed by atoms with Crippen LogP contribution in [0.4, 0.5) is 8.78 Å². The smallest absolute Gasteiger partial charge is 0.331 e. The fourth-order valence-corrected chi connectivity index (χ4v) is 2.31. The van der Waals surface area contributed by atoms with Crippen LogP contribution in [-0.2, 0) is 16.1 Å². The molecule has 0 spiro atoms. The summed E-state index contributed by atoms with van der Waals surface area (Å²) in [5.41, 5.74) is 0.0241. The Labute approximate surface area is 153 Å². The molecule has 0 bridgehead atoms. The van der Waals surface area contributed by atoms with Gasteiger partial charge in [-0.15, -0.1) is 0 Å². The number of carbonyl (C=O) groups excluding carboxylic acids is 2. The first-order valence-corrected chi connectivity index (χ1v) is 8.01. The van der Waals surface area contributed by atoms with Crippen molar-refractivity contribution >= 4 is 23.5 Å². The maximum Gasteiger partial charge on any atom is 0.331 e. The van der Waals surface area contributed by atoms with Gasteiger partial charge in [0.25, 0.3) is 5.91 Å². The number of aliphatic hydroxyl groups is 1. The number of esters is 1. The molecule has 2 rings (SSSR count). The minimum absolute atomic E-state index is 0.138. The number of carbonyl (C=O) groups is 2. The highest BCUT2D eigenvalue weighted by molar-refractivity contribution is 6.31. The zero-order valence-corrected chi connectivity index (χ0v) is 14.5. The average molecular weight is 384 g/mol. The molecule has 0 radical (unpaired) electrons. The summed E-state index contributed by atoms with van der Waals surface area (Å²) >= 11 is 5.73. The Kier molecular flexibility index (Phi) is 6.65. The second kappa shape index (κ2) is 8.73. The third-order valence-electron chi connectivity index (χ3n) is 3.47. The van der Waals surface area contributed by atoms with Crippen LogP contribution < -0.4 is 5.32 Å². The first-order valence-electron chi connectivity index (χ1n) is 7.63. The number of benzene rings is 2. The van der Waals surface area contributed by atoms with Gasteiger partial charge in [-0.3, -0.25) is 4.79 Å². The third kappa shape index (κ3) is 5.24. The van der Waals surface area contributed by atoms with Crippen molar-refractivity contribution in [3.63, 3.8) is 0 Å². The number of hydrogen-bond acceptors (Lipinski definition) is 4. The molecule has 2 atom stereocenters. The molecule has 5 nitrogen and oxygen atoms in total. The lowest BCUT2D eigenvalue weighted by Crippen LogP contribution is -2.48. The summed E-state index contributed by atoms with van der Waals surface area (Å²) in [5, 5.41) is 12.1. The summed E-state index contributed by atoms with van der Waals surface area (Å²) in [7, 11) is 0. The lowest BCUT2D eigenvalue weighted by Gasteiger charge is -2.20. The topological polar surface area (TPSA) is 75.6 Å². The van der Waals surface area contributed by atoms with Crippen molar-refractivity contribution in [2.24, 2.45) is 0 Å². The molecule has 26 heavy (non-hydrogen) atoms. The van der Waals surface area contributed by atoms with Crippen LogP contribution in [0.15, 0.2) is 42.5 Å². The van der Waals surface area contributed by atoms with Gasteiger partial charge in [0.2, 0.25) is 0 Å². The van der Waals surface area contributed by atoms with Gasteiger partial charge in [0.05, 0.1) is 11.7 Å². The lowest BCUT2D eigenvalue weighted by atomic mass is 10.1. The number of hydrogen-bond donors (Lipinski definition) is 2. The largest absolute Gasteiger partial charge is 0.459 e. The van der Waals surface area contributed by atoms with E-state index < -0.39 is 35.7 Å². The molecular formula is C18H16ClF2NO4. The fraction of sp³-hybridized carbons (Fsp3) is 0.222. The standard InChI is InChI=1S/C18H16ClF2NO4/c1-10(23)16(18(25)26-9-11-3-2-4-13(20)7-11)22-17(24)14-8-12(19)5-6-15(14)21/h2-8,10,16,23H,9H2,1H3,(H,22,24). The first-order chi connectivity index (χ1) is 12.3. The molecule has 2 unspecified atom stereocenters. The number of amides is 1. The van der Waals surface area contributed by atoms with E-state index in [-0.39, 0.29) is 17.2 Å². The van der Waals surface area contributed by atoms with Crippen molar-refractivity contribution < 1.29 is 28.2 Å². The molecule has 2 N–H and O–H groups in total. The van der Waals surface area contributed by atoms with Crippen LogP contribution in [0.2, 0.25) is 5.02 Å². The van der Waals surface area contributed by atoms with E-state index in [1.165, 1.54) is 31.2 Å². The normalized spacial score (nSPS) is 13.0. The number of aliphatic hydroxyl groups excluding tert-OH is 1. The van der Waals surface area contributed by atoms with Crippen molar-refractivity contribution in [3.8, 4) is 0 Å². The molecule has 0 saturated heterocycles. The SMILES string of the molecule is CC(O)C(NC(=O)c1cc(Cl)ccc1F)C(=O)OCc1cccc(F)c1. The summed E-state index contributed by atoms with van der Waals surface area (Å²) in [6, 6.07) is 7.37. The van der Waals surface area contributed by atoms with Gasteiger partial charge >= 0.3 is 5.97 Å². The van der Waals surface area contributed by atoms with E-state index in [2.05, 4.69) is 5.32 Å². The Bertz CT molecular complexity index is 814. The number of ether oxygens (including phenoxy) is 1. The summed E-state index contributed by atoms with van der Waals surface area (Å²) in [4.78, 5) is 24.3. The predicted molar refractivity (Wildman–Crippen MR) is 90.5 cm³/mol. The molecular weight excluding hydrogens is 368 g/mol. The number of rotatable bonds is 6. The summed E-state index contributed by atoms with van der Waals surface area (Å²) < 4.78 is 31.9. The van der Waals surface area contributed by atoms with Gasteiger partial charge in [-0.1, -0.05) is 23.7 Å². The van der Waals surface area contributed by atoms with E-state index in [1.807, 2.05) is 0 Å². The Morgan fingerprint density at radius 2 is 1.96 bits per heavy atom. The molecule has 2 aromatic carbocycles. The molecule has 8 heteroatoms. The zero-order valence-electron chi connectivity index (χ0n) is 13.7. The molecule has 1 amide bonds. The molecule has 0 aliphatic rings.